The van der Waals surface area contributed by atoms with E-state index in [9.17, 15) is 19.2 Å². The van der Waals surface area contributed by atoms with Crippen LogP contribution in [0.4, 0.5) is 14.4 Å². The highest BCUT2D eigenvalue weighted by molar-refractivity contribution is 8.14. The van der Waals surface area contributed by atoms with Crippen LogP contribution < -0.4 is 16.0 Å². The van der Waals surface area contributed by atoms with Crippen LogP contribution in [0, 0.1) is 0 Å². The van der Waals surface area contributed by atoms with Crippen LogP contribution >= 0.6 is 11.8 Å². The minimum absolute atomic E-state index is 0.147. The van der Waals surface area contributed by atoms with Crippen LogP contribution in [0.15, 0.2) is 0 Å². The molecular formula is C13H22N4O5S. The van der Waals surface area contributed by atoms with E-state index in [-0.39, 0.29) is 43.1 Å². The molecule has 0 spiro atoms. The molecule has 1 aliphatic heterocycles. The molecule has 1 fully saturated rings. The fourth-order valence-corrected chi connectivity index (χ4v) is 2.35. The molecule has 23 heavy (non-hydrogen) atoms. The van der Waals surface area contributed by atoms with Gasteiger partial charge in [0.25, 0.3) is 5.24 Å². The lowest BCUT2D eigenvalue weighted by molar-refractivity contribution is -0.124. The summed E-state index contributed by atoms with van der Waals surface area (Å²) in [7, 11) is 0. The maximum atomic E-state index is 11.5. The van der Waals surface area contributed by atoms with Crippen molar-refractivity contribution < 1.29 is 23.9 Å². The first-order chi connectivity index (χ1) is 10.7. The largest absolute Gasteiger partial charge is 0.444 e. The number of carbonyl (C=O) groups excluding carboxylic acids is 4. The molecule has 0 radical (unpaired) electrons. The molecule has 0 aromatic carbocycles. The van der Waals surface area contributed by atoms with Gasteiger partial charge < -0.3 is 20.7 Å². The first-order valence-electron chi connectivity index (χ1n) is 7.15. The zero-order valence-corrected chi connectivity index (χ0v) is 14.2. The first-order valence-corrected chi connectivity index (χ1v) is 8.13. The average Bonchev–Trinajstić information content (AvgIpc) is 2.73. The molecule has 1 aliphatic rings. The molecule has 0 aromatic heterocycles. The van der Waals surface area contributed by atoms with E-state index < -0.39 is 17.7 Å². The molecule has 0 bridgehead atoms. The molecule has 3 N–H and O–H groups in total. The van der Waals surface area contributed by atoms with Crippen LogP contribution in [0.1, 0.15) is 20.8 Å². The summed E-state index contributed by atoms with van der Waals surface area (Å²) < 4.78 is 5.04. The molecule has 9 nitrogen and oxygen atoms in total. The maximum absolute atomic E-state index is 11.5. The topological polar surface area (TPSA) is 117 Å². The highest BCUT2D eigenvalue weighted by Gasteiger charge is 2.29. The smallest absolute Gasteiger partial charge is 0.407 e. The number of urea groups is 1. The lowest BCUT2D eigenvalue weighted by Gasteiger charge is -2.19. The number of nitrogens with one attached hydrogen (secondary N) is 3. The quantitative estimate of drug-likeness (QED) is 0.603. The molecule has 130 valence electrons. The monoisotopic (exact) mass is 346 g/mol. The number of rotatable bonds is 6. The second-order valence-electron chi connectivity index (χ2n) is 5.71. The van der Waals surface area contributed by atoms with Crippen molar-refractivity contribution in [3.05, 3.63) is 0 Å². The Labute approximate surface area is 138 Å². The van der Waals surface area contributed by atoms with E-state index >= 15 is 0 Å². The summed E-state index contributed by atoms with van der Waals surface area (Å²) in [5.74, 6) is -0.0924. The first kappa shape index (κ1) is 19.1. The Morgan fingerprint density at radius 2 is 1.74 bits per heavy atom. The number of hydrogen-bond acceptors (Lipinski definition) is 6. The average molecular weight is 346 g/mol. The molecule has 0 aliphatic carbocycles. The van der Waals surface area contributed by atoms with Crippen LogP contribution in [-0.4, -0.2) is 65.7 Å². The minimum atomic E-state index is -0.572. The van der Waals surface area contributed by atoms with Crippen molar-refractivity contribution in [3.8, 4) is 0 Å². The fourth-order valence-electron chi connectivity index (χ4n) is 1.60. The van der Waals surface area contributed by atoms with Gasteiger partial charge in [0.1, 0.15) is 5.60 Å². The molecular weight excluding hydrogens is 324 g/mol. The van der Waals surface area contributed by atoms with Crippen molar-refractivity contribution in [2.24, 2.45) is 0 Å². The standard InChI is InChI=1S/C13H22N4O5S/c1-13(2,3)22-11(20)16-5-4-14-10(19)15-6-7-17-9(18)8-23-12(17)21/h4-8H2,1-3H3,(H,16,20)(H2,14,15,19). The van der Waals surface area contributed by atoms with Gasteiger partial charge in [-0.1, -0.05) is 11.8 Å². The second kappa shape index (κ2) is 8.61. The Hall–Kier alpha value is -1.97. The summed E-state index contributed by atoms with van der Waals surface area (Å²) in [4.78, 5) is 46.6. The van der Waals surface area contributed by atoms with Crippen molar-refractivity contribution in [2.75, 3.05) is 31.9 Å². The van der Waals surface area contributed by atoms with Gasteiger partial charge in [-0.15, -0.1) is 0 Å². The van der Waals surface area contributed by atoms with Crippen LogP contribution in [-0.2, 0) is 9.53 Å². The number of carbonyl (C=O) groups is 4. The molecule has 10 heteroatoms. The zero-order chi connectivity index (χ0) is 17.5. The number of imide groups is 1. The van der Waals surface area contributed by atoms with Crippen molar-refractivity contribution in [1.29, 1.82) is 0 Å². The van der Waals surface area contributed by atoms with E-state index in [1.165, 1.54) is 0 Å². The third kappa shape index (κ3) is 7.73. The van der Waals surface area contributed by atoms with Gasteiger partial charge in [0.05, 0.1) is 5.75 Å². The van der Waals surface area contributed by atoms with Crippen molar-refractivity contribution in [3.63, 3.8) is 0 Å². The lowest BCUT2D eigenvalue weighted by Crippen LogP contribution is -2.44. The van der Waals surface area contributed by atoms with E-state index in [2.05, 4.69) is 16.0 Å². The predicted octanol–water partition coefficient (Wildman–Crippen LogP) is 0.506. The molecule has 0 saturated carbocycles. The minimum Gasteiger partial charge on any atom is -0.444 e. The second-order valence-corrected chi connectivity index (χ2v) is 6.64. The number of ether oxygens (including phenoxy) is 1. The number of nitrogens with zero attached hydrogens (tertiary/aromatic N) is 1. The molecule has 0 unspecified atom stereocenters. The summed E-state index contributed by atoms with van der Waals surface area (Å²) in [6, 6.07) is -0.442. The molecule has 1 saturated heterocycles. The third-order valence-corrected chi connectivity index (χ3v) is 3.40. The highest BCUT2D eigenvalue weighted by Crippen LogP contribution is 2.17. The summed E-state index contributed by atoms with van der Waals surface area (Å²) in [5.41, 5.74) is -0.572. The summed E-state index contributed by atoms with van der Waals surface area (Å²) in [6.45, 7) is 6.04. The SMILES string of the molecule is CC(C)(C)OC(=O)NCCNC(=O)NCCN1C(=O)CSC1=O. The number of amides is 5. The fraction of sp³-hybridized carbons (Fsp3) is 0.692. The number of hydrogen-bond donors (Lipinski definition) is 3. The van der Waals surface area contributed by atoms with E-state index in [1.807, 2.05) is 0 Å². The van der Waals surface area contributed by atoms with Gasteiger partial charge >= 0.3 is 12.1 Å². The normalized spacial score (nSPS) is 14.7. The van der Waals surface area contributed by atoms with Gasteiger partial charge in [-0.3, -0.25) is 14.5 Å². The van der Waals surface area contributed by atoms with E-state index in [4.69, 9.17) is 4.74 Å². The molecule has 1 rings (SSSR count). The number of alkyl carbamates (subject to hydrolysis) is 1. The van der Waals surface area contributed by atoms with Gasteiger partial charge in [0, 0.05) is 26.2 Å². The van der Waals surface area contributed by atoms with Gasteiger partial charge in [-0.25, -0.2) is 9.59 Å². The summed E-state index contributed by atoms with van der Waals surface area (Å²) in [6.07, 6.45) is -0.553. The summed E-state index contributed by atoms with van der Waals surface area (Å²) in [5, 5.41) is 7.27. The molecule has 1 heterocycles. The maximum Gasteiger partial charge on any atom is 0.407 e. The third-order valence-electron chi connectivity index (χ3n) is 2.54. The lowest BCUT2D eigenvalue weighted by atomic mass is 10.2. The van der Waals surface area contributed by atoms with E-state index in [0.29, 0.717) is 0 Å². The Balaban J connectivity index is 2.07. The molecule has 0 atom stereocenters. The Bertz CT molecular complexity index is 461. The van der Waals surface area contributed by atoms with Crippen LogP contribution in [0.5, 0.6) is 0 Å². The predicted molar refractivity (Wildman–Crippen MR) is 85.2 cm³/mol. The summed E-state index contributed by atoms with van der Waals surface area (Å²) >= 11 is 0.953. The van der Waals surface area contributed by atoms with Crippen molar-refractivity contribution in [1.82, 2.24) is 20.9 Å². The zero-order valence-electron chi connectivity index (χ0n) is 13.4. The number of thioether (sulfide) groups is 1. The van der Waals surface area contributed by atoms with Gasteiger partial charge in [0.2, 0.25) is 5.91 Å². The van der Waals surface area contributed by atoms with Crippen LogP contribution in [0.25, 0.3) is 0 Å². The van der Waals surface area contributed by atoms with Crippen molar-refractivity contribution >= 4 is 35.0 Å². The van der Waals surface area contributed by atoms with Gasteiger partial charge in [-0.2, -0.15) is 0 Å². The Morgan fingerprint density at radius 3 is 2.30 bits per heavy atom. The van der Waals surface area contributed by atoms with E-state index in [1.54, 1.807) is 20.8 Å². The van der Waals surface area contributed by atoms with E-state index in [0.717, 1.165) is 16.7 Å². The highest BCUT2D eigenvalue weighted by atomic mass is 32.2. The Kier molecular flexibility index (Phi) is 7.14. The van der Waals surface area contributed by atoms with Gasteiger partial charge in [0.15, 0.2) is 0 Å². The van der Waals surface area contributed by atoms with Gasteiger partial charge in [-0.05, 0) is 20.8 Å². The van der Waals surface area contributed by atoms with Crippen LogP contribution in [0.3, 0.4) is 0 Å². The molecule has 0 aromatic rings. The van der Waals surface area contributed by atoms with Crippen LogP contribution in [0.2, 0.25) is 0 Å². The molecule has 5 amide bonds. The Morgan fingerprint density at radius 1 is 1.13 bits per heavy atom. The van der Waals surface area contributed by atoms with Crippen molar-refractivity contribution in [2.45, 2.75) is 26.4 Å².